The van der Waals surface area contributed by atoms with Crippen molar-refractivity contribution in [3.05, 3.63) is 0 Å². The maximum Gasteiger partial charge on any atom is 0.237 e. The molecule has 0 radical (unpaired) electrons. The minimum absolute atomic E-state index is 0.220. The summed E-state index contributed by atoms with van der Waals surface area (Å²) in [6.45, 7) is 1.96. The van der Waals surface area contributed by atoms with Gasteiger partial charge in [-0.3, -0.25) is 4.79 Å². The molecule has 0 aromatic heterocycles. The minimum Gasteiger partial charge on any atom is -0.342 e. The average molecular weight is 288 g/mol. The van der Waals surface area contributed by atoms with Crippen LogP contribution in [0.3, 0.4) is 0 Å². The van der Waals surface area contributed by atoms with Crippen LogP contribution in [0.2, 0.25) is 0 Å². The molecule has 0 aromatic rings. The van der Waals surface area contributed by atoms with Gasteiger partial charge in [-0.25, -0.2) is 8.42 Å². The molecule has 6 heteroatoms. The van der Waals surface area contributed by atoms with Crippen molar-refractivity contribution >= 4 is 15.7 Å². The normalized spacial score (nSPS) is 22.9. The molecule has 19 heavy (non-hydrogen) atoms. The Balaban J connectivity index is 1.87. The molecule has 0 spiro atoms. The molecule has 1 saturated carbocycles. The van der Waals surface area contributed by atoms with Crippen molar-refractivity contribution in [2.75, 3.05) is 25.4 Å². The van der Waals surface area contributed by atoms with Crippen molar-refractivity contribution in [1.82, 2.24) is 4.90 Å². The minimum atomic E-state index is -3.24. The van der Waals surface area contributed by atoms with E-state index in [0.29, 0.717) is 25.6 Å². The molecule has 1 saturated heterocycles. The number of hydrogen-bond donors (Lipinski definition) is 1. The van der Waals surface area contributed by atoms with Crippen molar-refractivity contribution < 1.29 is 13.2 Å². The number of amides is 1. The summed E-state index contributed by atoms with van der Waals surface area (Å²) in [5, 5.41) is -0.280. The van der Waals surface area contributed by atoms with E-state index in [4.69, 9.17) is 5.73 Å². The van der Waals surface area contributed by atoms with Gasteiger partial charge in [-0.05, 0) is 38.1 Å². The fourth-order valence-electron chi connectivity index (χ4n) is 3.05. The number of piperidine rings is 1. The van der Waals surface area contributed by atoms with E-state index >= 15 is 0 Å². The van der Waals surface area contributed by atoms with E-state index < -0.39 is 9.84 Å². The molecule has 2 fully saturated rings. The third-order valence-electron chi connectivity index (χ3n) is 4.44. The molecule has 2 N–H and O–H groups in total. The Labute approximate surface area is 115 Å². The summed E-state index contributed by atoms with van der Waals surface area (Å²) in [6, 6.07) is 0. The summed E-state index contributed by atoms with van der Waals surface area (Å²) in [7, 11) is -3.24. The van der Waals surface area contributed by atoms with Crippen molar-refractivity contribution in [2.45, 2.75) is 43.8 Å². The van der Waals surface area contributed by atoms with Gasteiger partial charge in [0.2, 0.25) is 5.91 Å². The Morgan fingerprint density at radius 2 is 1.68 bits per heavy atom. The van der Waals surface area contributed by atoms with Crippen LogP contribution >= 0.6 is 0 Å². The predicted octanol–water partition coefficient (Wildman–Crippen LogP) is 0.541. The van der Waals surface area contributed by atoms with E-state index in [1.54, 1.807) is 4.90 Å². The highest BCUT2D eigenvalue weighted by Crippen LogP contribution is 2.25. The number of likely N-dealkylation sites (tertiary alicyclic amines) is 1. The topological polar surface area (TPSA) is 80.5 Å². The van der Waals surface area contributed by atoms with Crippen LogP contribution in [0.1, 0.15) is 38.5 Å². The Morgan fingerprint density at radius 3 is 2.21 bits per heavy atom. The summed E-state index contributed by atoms with van der Waals surface area (Å²) < 4.78 is 24.3. The number of nitrogens with two attached hydrogens (primary N) is 1. The zero-order valence-electron chi connectivity index (χ0n) is 11.4. The predicted molar refractivity (Wildman–Crippen MR) is 74.4 cm³/mol. The third kappa shape index (κ3) is 3.69. The Morgan fingerprint density at radius 1 is 1.11 bits per heavy atom. The number of nitrogens with zero attached hydrogens (tertiary/aromatic N) is 1. The van der Waals surface area contributed by atoms with Crippen molar-refractivity contribution in [3.8, 4) is 0 Å². The molecular weight excluding hydrogens is 264 g/mol. The van der Waals surface area contributed by atoms with E-state index in [1.807, 2.05) is 0 Å². The van der Waals surface area contributed by atoms with Crippen LogP contribution in [0.15, 0.2) is 0 Å². The third-order valence-corrected chi connectivity index (χ3v) is 6.57. The Bertz CT molecular complexity index is 408. The number of rotatable bonds is 4. The van der Waals surface area contributed by atoms with Gasteiger partial charge < -0.3 is 10.6 Å². The molecule has 1 aliphatic carbocycles. The molecule has 0 atom stereocenters. The quantitative estimate of drug-likeness (QED) is 0.819. The first-order valence-corrected chi connectivity index (χ1v) is 8.94. The lowest BCUT2D eigenvalue weighted by Gasteiger charge is -2.31. The van der Waals surface area contributed by atoms with E-state index in [1.165, 1.54) is 0 Å². The number of carbonyl (C=O) groups excluding carboxylic acids is 1. The second-order valence-corrected chi connectivity index (χ2v) is 8.05. The second-order valence-electron chi connectivity index (χ2n) is 5.77. The summed E-state index contributed by atoms with van der Waals surface area (Å²) in [4.78, 5) is 13.8. The molecule has 0 bridgehead atoms. The van der Waals surface area contributed by atoms with Crippen molar-refractivity contribution in [3.63, 3.8) is 0 Å². The SMILES string of the molecule is NCC1CCN(C(=O)CS(=O)(=O)C2CCCC2)CC1. The first-order chi connectivity index (χ1) is 9.03. The molecule has 5 nitrogen and oxygen atoms in total. The molecule has 1 heterocycles. The van der Waals surface area contributed by atoms with E-state index in [9.17, 15) is 13.2 Å². The fourth-order valence-corrected chi connectivity index (χ4v) is 4.86. The van der Waals surface area contributed by atoms with Crippen LogP contribution in [0.5, 0.6) is 0 Å². The fraction of sp³-hybridized carbons (Fsp3) is 0.923. The zero-order valence-corrected chi connectivity index (χ0v) is 12.2. The van der Waals surface area contributed by atoms with Crippen LogP contribution in [-0.2, 0) is 14.6 Å². The highest BCUT2D eigenvalue weighted by molar-refractivity contribution is 7.92. The molecule has 0 aromatic carbocycles. The van der Waals surface area contributed by atoms with Gasteiger partial charge in [0.05, 0.1) is 5.25 Å². The van der Waals surface area contributed by atoms with Gasteiger partial charge >= 0.3 is 0 Å². The van der Waals surface area contributed by atoms with Gasteiger partial charge in [0, 0.05) is 13.1 Å². The maximum atomic E-state index is 12.1. The van der Waals surface area contributed by atoms with Gasteiger partial charge in [-0.1, -0.05) is 12.8 Å². The van der Waals surface area contributed by atoms with Crippen LogP contribution in [0.25, 0.3) is 0 Å². The van der Waals surface area contributed by atoms with Gasteiger partial charge in [0.25, 0.3) is 0 Å². The van der Waals surface area contributed by atoms with Crippen molar-refractivity contribution in [1.29, 1.82) is 0 Å². The molecule has 0 unspecified atom stereocenters. The largest absolute Gasteiger partial charge is 0.342 e. The lowest BCUT2D eigenvalue weighted by Crippen LogP contribution is -2.43. The highest BCUT2D eigenvalue weighted by atomic mass is 32.2. The van der Waals surface area contributed by atoms with Crippen LogP contribution in [0.4, 0.5) is 0 Å². The average Bonchev–Trinajstić information content (AvgIpc) is 2.93. The molecule has 2 aliphatic rings. The summed E-state index contributed by atoms with van der Waals surface area (Å²) in [6.07, 6.45) is 5.19. The van der Waals surface area contributed by atoms with Crippen LogP contribution < -0.4 is 5.73 Å². The molecule has 2 rings (SSSR count). The maximum absolute atomic E-state index is 12.1. The first kappa shape index (κ1) is 14.8. The summed E-state index contributed by atoms with van der Waals surface area (Å²) >= 11 is 0. The van der Waals surface area contributed by atoms with Crippen molar-refractivity contribution in [2.24, 2.45) is 11.7 Å². The van der Waals surface area contributed by atoms with E-state index in [0.717, 1.165) is 38.5 Å². The lowest BCUT2D eigenvalue weighted by molar-refractivity contribution is -0.129. The smallest absolute Gasteiger partial charge is 0.237 e. The van der Waals surface area contributed by atoms with Crippen LogP contribution in [-0.4, -0.2) is 49.9 Å². The van der Waals surface area contributed by atoms with Gasteiger partial charge in [-0.2, -0.15) is 0 Å². The van der Waals surface area contributed by atoms with Gasteiger partial charge in [-0.15, -0.1) is 0 Å². The molecule has 110 valence electrons. The molecule has 1 amide bonds. The number of hydrogen-bond acceptors (Lipinski definition) is 4. The number of carbonyl (C=O) groups is 1. The van der Waals surface area contributed by atoms with E-state index in [2.05, 4.69) is 0 Å². The lowest BCUT2D eigenvalue weighted by atomic mass is 9.97. The Kier molecular flexibility index (Phi) is 4.84. The zero-order chi connectivity index (χ0) is 13.9. The summed E-state index contributed by atoms with van der Waals surface area (Å²) in [5.74, 6) is -0.0387. The summed E-state index contributed by atoms with van der Waals surface area (Å²) in [5.41, 5.74) is 5.61. The number of sulfone groups is 1. The molecule has 1 aliphatic heterocycles. The highest BCUT2D eigenvalue weighted by Gasteiger charge is 2.32. The van der Waals surface area contributed by atoms with Crippen LogP contribution in [0, 0.1) is 5.92 Å². The second kappa shape index (κ2) is 6.22. The van der Waals surface area contributed by atoms with Gasteiger partial charge in [0.15, 0.2) is 9.84 Å². The first-order valence-electron chi connectivity index (χ1n) is 7.22. The Hall–Kier alpha value is -0.620. The van der Waals surface area contributed by atoms with Gasteiger partial charge in [0.1, 0.15) is 5.75 Å². The molecular formula is C13H24N2O3S. The monoisotopic (exact) mass is 288 g/mol. The standard InChI is InChI=1S/C13H24N2O3S/c14-9-11-5-7-15(8-6-11)13(16)10-19(17,18)12-3-1-2-4-12/h11-12H,1-10,14H2. The van der Waals surface area contributed by atoms with E-state index in [-0.39, 0.29) is 16.9 Å².